The molecule has 1 aromatic carbocycles. The summed E-state index contributed by atoms with van der Waals surface area (Å²) in [7, 11) is 0. The van der Waals surface area contributed by atoms with Crippen molar-refractivity contribution in [1.82, 2.24) is 10.2 Å². The molecular formula is C17H26N2O3. The summed E-state index contributed by atoms with van der Waals surface area (Å²) in [5.74, 6) is 0. The third-order valence-corrected chi connectivity index (χ3v) is 4.22. The van der Waals surface area contributed by atoms with Crippen LogP contribution in [0.2, 0.25) is 0 Å². The molecular weight excluding hydrogens is 280 g/mol. The second-order valence-corrected chi connectivity index (χ2v) is 5.85. The molecule has 2 N–H and O–H groups in total. The van der Waals surface area contributed by atoms with Crippen LogP contribution in [-0.2, 0) is 11.3 Å². The lowest BCUT2D eigenvalue weighted by atomic mass is 9.96. The topological polar surface area (TPSA) is 61.8 Å². The molecule has 1 heterocycles. The van der Waals surface area contributed by atoms with Crippen LogP contribution in [-0.4, -0.2) is 47.9 Å². The van der Waals surface area contributed by atoms with Gasteiger partial charge in [-0.2, -0.15) is 0 Å². The molecule has 1 fully saturated rings. The Labute approximate surface area is 132 Å². The van der Waals surface area contributed by atoms with Crippen LogP contribution in [0.1, 0.15) is 31.7 Å². The minimum atomic E-state index is -0.570. The lowest BCUT2D eigenvalue weighted by Crippen LogP contribution is -2.55. The summed E-state index contributed by atoms with van der Waals surface area (Å²) in [6.45, 7) is 4.28. The molecule has 122 valence electrons. The average molecular weight is 306 g/mol. The summed E-state index contributed by atoms with van der Waals surface area (Å²) < 4.78 is 5.40. The van der Waals surface area contributed by atoms with Gasteiger partial charge in [-0.05, 0) is 24.9 Å². The molecule has 5 nitrogen and oxygen atoms in total. The quantitative estimate of drug-likeness (QED) is 0.758. The Bertz CT molecular complexity index is 458. The molecule has 1 atom stereocenters. The molecule has 1 aliphatic heterocycles. The molecule has 0 saturated carbocycles. The fourth-order valence-corrected chi connectivity index (χ4v) is 2.75. The second kappa shape index (κ2) is 8.15. The standard InChI is InChI=1S/C17H26N2O3/c1-2-3-11-22-16(21)19(12-15-7-5-4-6-8-15)17(14-20)9-10-18-13-17/h4-8,18,20H,2-3,9-14H2,1H3. The number of benzene rings is 1. The van der Waals surface area contributed by atoms with Crippen LogP contribution in [0, 0.1) is 0 Å². The van der Waals surface area contributed by atoms with E-state index in [2.05, 4.69) is 12.2 Å². The number of hydrogen-bond donors (Lipinski definition) is 2. The summed E-state index contributed by atoms with van der Waals surface area (Å²) >= 11 is 0. The number of rotatable bonds is 7. The molecule has 1 aliphatic rings. The highest BCUT2D eigenvalue weighted by Crippen LogP contribution is 2.26. The first-order valence-corrected chi connectivity index (χ1v) is 8.02. The van der Waals surface area contributed by atoms with E-state index in [0.29, 0.717) is 19.7 Å². The van der Waals surface area contributed by atoms with Crippen LogP contribution in [0.4, 0.5) is 4.79 Å². The lowest BCUT2D eigenvalue weighted by molar-refractivity contribution is 0.0217. The van der Waals surface area contributed by atoms with Gasteiger partial charge in [-0.1, -0.05) is 43.7 Å². The van der Waals surface area contributed by atoms with E-state index in [1.165, 1.54) is 0 Å². The first-order valence-electron chi connectivity index (χ1n) is 8.02. The Morgan fingerprint density at radius 1 is 1.41 bits per heavy atom. The monoisotopic (exact) mass is 306 g/mol. The van der Waals surface area contributed by atoms with Gasteiger partial charge < -0.3 is 15.2 Å². The first kappa shape index (κ1) is 16.8. The predicted molar refractivity (Wildman–Crippen MR) is 85.5 cm³/mol. The zero-order valence-electron chi connectivity index (χ0n) is 13.3. The second-order valence-electron chi connectivity index (χ2n) is 5.85. The molecule has 1 amide bonds. The number of carbonyl (C=O) groups is 1. The van der Waals surface area contributed by atoms with Crippen LogP contribution in [0.5, 0.6) is 0 Å². The molecule has 0 bridgehead atoms. The van der Waals surface area contributed by atoms with E-state index in [-0.39, 0.29) is 12.7 Å². The molecule has 0 aliphatic carbocycles. The molecule has 5 heteroatoms. The molecule has 1 aromatic rings. The summed E-state index contributed by atoms with van der Waals surface area (Å²) in [5, 5.41) is 13.1. The van der Waals surface area contributed by atoms with Crippen LogP contribution in [0.3, 0.4) is 0 Å². The highest BCUT2D eigenvalue weighted by atomic mass is 16.6. The Hall–Kier alpha value is -1.59. The van der Waals surface area contributed by atoms with Crippen molar-refractivity contribution in [1.29, 1.82) is 0 Å². The average Bonchev–Trinajstić information content (AvgIpc) is 3.03. The van der Waals surface area contributed by atoms with E-state index in [1.807, 2.05) is 30.3 Å². The normalized spacial score (nSPS) is 20.8. The highest BCUT2D eigenvalue weighted by molar-refractivity contribution is 5.69. The van der Waals surface area contributed by atoms with E-state index < -0.39 is 5.54 Å². The van der Waals surface area contributed by atoms with Gasteiger partial charge in [0.15, 0.2) is 0 Å². The number of aliphatic hydroxyl groups is 1. The van der Waals surface area contributed by atoms with Gasteiger partial charge >= 0.3 is 6.09 Å². The fraction of sp³-hybridized carbons (Fsp3) is 0.588. The number of nitrogens with one attached hydrogen (secondary N) is 1. The van der Waals surface area contributed by atoms with Crippen molar-refractivity contribution in [2.75, 3.05) is 26.3 Å². The van der Waals surface area contributed by atoms with Crippen molar-refractivity contribution >= 4 is 6.09 Å². The molecule has 1 saturated heterocycles. The van der Waals surface area contributed by atoms with Crippen LogP contribution in [0.25, 0.3) is 0 Å². The third-order valence-electron chi connectivity index (χ3n) is 4.22. The maximum Gasteiger partial charge on any atom is 0.410 e. The highest BCUT2D eigenvalue weighted by Gasteiger charge is 2.42. The molecule has 1 unspecified atom stereocenters. The smallest absolute Gasteiger partial charge is 0.410 e. The van der Waals surface area contributed by atoms with Gasteiger partial charge in [-0.3, -0.25) is 4.90 Å². The zero-order chi connectivity index (χ0) is 15.8. The number of hydrogen-bond acceptors (Lipinski definition) is 4. The van der Waals surface area contributed by atoms with Crippen molar-refractivity contribution in [2.45, 2.75) is 38.3 Å². The Morgan fingerprint density at radius 2 is 2.18 bits per heavy atom. The van der Waals surface area contributed by atoms with Crippen LogP contribution >= 0.6 is 0 Å². The van der Waals surface area contributed by atoms with Crippen molar-refractivity contribution in [3.63, 3.8) is 0 Å². The number of nitrogens with zero attached hydrogens (tertiary/aromatic N) is 1. The maximum atomic E-state index is 12.5. The van der Waals surface area contributed by atoms with Gasteiger partial charge in [0.1, 0.15) is 0 Å². The first-order chi connectivity index (χ1) is 10.7. The molecule has 22 heavy (non-hydrogen) atoms. The summed E-state index contributed by atoms with van der Waals surface area (Å²) in [6, 6.07) is 9.83. The fourth-order valence-electron chi connectivity index (χ4n) is 2.75. The Balaban J connectivity index is 2.14. The predicted octanol–water partition coefficient (Wildman–Crippen LogP) is 2.15. The van der Waals surface area contributed by atoms with Gasteiger partial charge in [-0.25, -0.2) is 4.79 Å². The summed E-state index contributed by atoms with van der Waals surface area (Å²) in [6.07, 6.45) is 2.24. The lowest BCUT2D eigenvalue weighted by Gasteiger charge is -2.38. The summed E-state index contributed by atoms with van der Waals surface area (Å²) in [4.78, 5) is 14.2. The van der Waals surface area contributed by atoms with E-state index in [1.54, 1.807) is 4.90 Å². The Kier molecular flexibility index (Phi) is 6.21. The minimum Gasteiger partial charge on any atom is -0.449 e. The van der Waals surface area contributed by atoms with E-state index >= 15 is 0 Å². The molecule has 2 rings (SSSR count). The van der Waals surface area contributed by atoms with Crippen LogP contribution in [0.15, 0.2) is 30.3 Å². The van der Waals surface area contributed by atoms with E-state index in [0.717, 1.165) is 31.4 Å². The van der Waals surface area contributed by atoms with Gasteiger partial charge in [-0.15, -0.1) is 0 Å². The number of carbonyl (C=O) groups excluding carboxylic acids is 1. The van der Waals surface area contributed by atoms with Gasteiger partial charge in [0.05, 0.1) is 18.8 Å². The summed E-state index contributed by atoms with van der Waals surface area (Å²) in [5.41, 5.74) is 0.466. The molecule has 0 spiro atoms. The van der Waals surface area contributed by atoms with E-state index in [4.69, 9.17) is 4.74 Å². The van der Waals surface area contributed by atoms with Gasteiger partial charge in [0, 0.05) is 13.1 Å². The minimum absolute atomic E-state index is 0.0598. The Morgan fingerprint density at radius 3 is 2.77 bits per heavy atom. The van der Waals surface area contributed by atoms with Crippen molar-refractivity contribution in [3.8, 4) is 0 Å². The number of aliphatic hydroxyl groups excluding tert-OH is 1. The van der Waals surface area contributed by atoms with Crippen LogP contribution < -0.4 is 5.32 Å². The van der Waals surface area contributed by atoms with E-state index in [9.17, 15) is 9.90 Å². The maximum absolute atomic E-state index is 12.5. The number of unbranched alkanes of at least 4 members (excludes halogenated alkanes) is 1. The largest absolute Gasteiger partial charge is 0.449 e. The SMILES string of the molecule is CCCCOC(=O)N(Cc1ccccc1)C1(CO)CCNC1. The number of ether oxygens (including phenoxy) is 1. The van der Waals surface area contributed by atoms with Crippen molar-refractivity contribution < 1.29 is 14.6 Å². The van der Waals surface area contributed by atoms with Gasteiger partial charge in [0.2, 0.25) is 0 Å². The zero-order valence-corrected chi connectivity index (χ0v) is 13.3. The van der Waals surface area contributed by atoms with Crippen molar-refractivity contribution in [3.05, 3.63) is 35.9 Å². The third kappa shape index (κ3) is 3.99. The van der Waals surface area contributed by atoms with Crippen molar-refractivity contribution in [2.24, 2.45) is 0 Å². The molecule has 0 radical (unpaired) electrons. The number of amides is 1. The van der Waals surface area contributed by atoms with Gasteiger partial charge in [0.25, 0.3) is 0 Å². The molecule has 0 aromatic heterocycles.